The molecule has 2 aromatic rings. The summed E-state index contributed by atoms with van der Waals surface area (Å²) >= 11 is 0. The van der Waals surface area contributed by atoms with Crippen molar-refractivity contribution in [3.63, 3.8) is 0 Å². The Morgan fingerprint density at radius 3 is 2.67 bits per heavy atom. The van der Waals surface area contributed by atoms with Crippen molar-refractivity contribution in [3.8, 4) is 5.75 Å². The second kappa shape index (κ2) is 7.89. The summed E-state index contributed by atoms with van der Waals surface area (Å²) in [6, 6.07) is 12.9. The summed E-state index contributed by atoms with van der Waals surface area (Å²) in [4.78, 5) is 0.118. The normalized spacial score (nSPS) is 14.7. The van der Waals surface area contributed by atoms with Gasteiger partial charge in [0.2, 0.25) is 0 Å². The summed E-state index contributed by atoms with van der Waals surface area (Å²) in [7, 11) is -1.96. The molecule has 2 aromatic carbocycles. The number of para-hydroxylation sites is 2. The molecule has 0 saturated carbocycles. The quantitative estimate of drug-likeness (QED) is 0.631. The molecule has 1 heterocycles. The zero-order valence-electron chi connectivity index (χ0n) is 15.4. The highest BCUT2D eigenvalue weighted by Gasteiger charge is 2.22. The first-order valence-electron chi connectivity index (χ1n) is 8.82. The van der Waals surface area contributed by atoms with Gasteiger partial charge in [-0.05, 0) is 43.2 Å². The van der Waals surface area contributed by atoms with Crippen LogP contribution in [-0.4, -0.2) is 25.7 Å². The molecule has 1 aliphatic heterocycles. The zero-order valence-corrected chi connectivity index (χ0v) is 16.2. The van der Waals surface area contributed by atoms with E-state index in [1.165, 1.54) is 18.2 Å². The van der Waals surface area contributed by atoms with Crippen molar-refractivity contribution in [2.75, 3.05) is 16.8 Å². The van der Waals surface area contributed by atoms with Crippen molar-refractivity contribution in [1.82, 2.24) is 10.5 Å². The molecule has 8 heteroatoms. The van der Waals surface area contributed by atoms with Crippen LogP contribution in [0.5, 0.6) is 5.75 Å². The predicted octanol–water partition coefficient (Wildman–Crippen LogP) is 3.40. The largest absolute Gasteiger partial charge is 0.506 e. The zero-order chi connectivity index (χ0) is 19.4. The molecule has 3 rings (SSSR count). The van der Waals surface area contributed by atoms with Gasteiger partial charge < -0.3 is 10.5 Å². The van der Waals surface area contributed by atoms with Crippen molar-refractivity contribution in [2.24, 2.45) is 0 Å². The van der Waals surface area contributed by atoms with Crippen LogP contribution in [0.4, 0.5) is 11.4 Å². The van der Waals surface area contributed by atoms with Crippen LogP contribution in [0.15, 0.2) is 65.3 Å². The molecule has 0 radical (unpaired) electrons. The minimum atomic E-state index is -3.83. The summed E-state index contributed by atoms with van der Waals surface area (Å²) in [5.41, 5.74) is 5.21. The number of aromatic hydroxyl groups is 1. The third-order valence-corrected chi connectivity index (χ3v) is 5.61. The van der Waals surface area contributed by atoms with Crippen LogP contribution in [0, 0.1) is 0 Å². The number of hydrazine groups is 2. The molecule has 0 fully saturated rings. The number of sulfonamides is 1. The van der Waals surface area contributed by atoms with E-state index in [2.05, 4.69) is 17.1 Å². The first kappa shape index (κ1) is 19.1. The maximum Gasteiger partial charge on any atom is 0.262 e. The topological polar surface area (TPSA) is 84.9 Å². The third-order valence-electron chi connectivity index (χ3n) is 4.25. The number of phenols is 1. The van der Waals surface area contributed by atoms with E-state index in [1.807, 2.05) is 29.4 Å². The maximum absolute atomic E-state index is 12.7. The molecule has 3 N–H and O–H groups in total. The Labute approximate surface area is 159 Å². The van der Waals surface area contributed by atoms with Crippen molar-refractivity contribution in [3.05, 3.63) is 60.4 Å². The average Bonchev–Trinajstić information content (AvgIpc) is 3.02. The van der Waals surface area contributed by atoms with E-state index in [9.17, 15) is 13.5 Å². The molecule has 1 aliphatic rings. The standard InChI is InChI=1S/C19H24N4O3S/c1-3-4-8-15-14-23(22(2)20-15)16-9-7-10-17(13-16)27(25,26)21-18-11-5-6-12-19(18)24/h5-7,9-14,20-21,24H,3-4,8H2,1-2H3. The van der Waals surface area contributed by atoms with Crippen molar-refractivity contribution >= 4 is 21.4 Å². The molecule has 0 spiro atoms. The lowest BCUT2D eigenvalue weighted by molar-refractivity contribution is 0.290. The average molecular weight is 388 g/mol. The fraction of sp³-hybridized carbons (Fsp3) is 0.263. The lowest BCUT2D eigenvalue weighted by Crippen LogP contribution is -2.38. The summed E-state index contributed by atoms with van der Waals surface area (Å²) < 4.78 is 27.9. The Bertz CT molecular complexity index is 943. The number of rotatable bonds is 7. The Kier molecular flexibility index (Phi) is 5.57. The fourth-order valence-electron chi connectivity index (χ4n) is 2.82. The van der Waals surface area contributed by atoms with Gasteiger partial charge in [0, 0.05) is 18.9 Å². The van der Waals surface area contributed by atoms with Crippen molar-refractivity contribution in [1.29, 1.82) is 0 Å². The highest BCUT2D eigenvalue weighted by molar-refractivity contribution is 7.92. The Hall–Kier alpha value is -2.71. The minimum Gasteiger partial charge on any atom is -0.506 e. The van der Waals surface area contributed by atoms with Gasteiger partial charge in [0.15, 0.2) is 0 Å². The number of unbranched alkanes of at least 4 members (excludes halogenated alkanes) is 1. The van der Waals surface area contributed by atoms with Crippen LogP contribution < -0.4 is 15.2 Å². The van der Waals surface area contributed by atoms with Gasteiger partial charge in [-0.3, -0.25) is 9.73 Å². The number of nitrogens with one attached hydrogen (secondary N) is 2. The van der Waals surface area contributed by atoms with E-state index < -0.39 is 10.0 Å². The van der Waals surface area contributed by atoms with Gasteiger partial charge in [0.05, 0.1) is 16.3 Å². The van der Waals surface area contributed by atoms with E-state index in [0.717, 1.165) is 30.6 Å². The van der Waals surface area contributed by atoms with Gasteiger partial charge in [-0.15, -0.1) is 5.12 Å². The summed E-state index contributed by atoms with van der Waals surface area (Å²) in [5, 5.41) is 13.5. The smallest absolute Gasteiger partial charge is 0.262 e. The van der Waals surface area contributed by atoms with Crippen LogP contribution in [0.25, 0.3) is 0 Å². The molecule has 0 atom stereocenters. The molecule has 7 nitrogen and oxygen atoms in total. The number of allylic oxidation sites excluding steroid dienone is 1. The molecule has 144 valence electrons. The fourth-order valence-corrected chi connectivity index (χ4v) is 3.93. The first-order chi connectivity index (χ1) is 12.9. The molecular weight excluding hydrogens is 364 g/mol. The van der Waals surface area contributed by atoms with Gasteiger partial charge in [-0.1, -0.05) is 31.5 Å². The van der Waals surface area contributed by atoms with E-state index in [1.54, 1.807) is 24.3 Å². The molecule has 0 bridgehead atoms. The van der Waals surface area contributed by atoms with Crippen LogP contribution >= 0.6 is 0 Å². The first-order valence-corrected chi connectivity index (χ1v) is 10.3. The Balaban J connectivity index is 1.85. The van der Waals surface area contributed by atoms with Crippen molar-refractivity contribution in [2.45, 2.75) is 31.1 Å². The van der Waals surface area contributed by atoms with Crippen molar-refractivity contribution < 1.29 is 13.5 Å². The summed E-state index contributed by atoms with van der Waals surface area (Å²) in [6.45, 7) is 2.14. The van der Waals surface area contributed by atoms with Gasteiger partial charge in [-0.25, -0.2) is 8.42 Å². The SMILES string of the molecule is CCCCC1=CN(c2cccc(S(=O)(=O)Nc3ccccc3O)c2)N(C)N1. The number of phenolic OH excluding ortho intramolecular Hbond substituents is 1. The molecule has 0 aliphatic carbocycles. The second-order valence-electron chi connectivity index (χ2n) is 6.36. The molecule has 0 unspecified atom stereocenters. The highest BCUT2D eigenvalue weighted by atomic mass is 32.2. The predicted molar refractivity (Wildman–Crippen MR) is 106 cm³/mol. The van der Waals surface area contributed by atoms with E-state index in [-0.39, 0.29) is 16.3 Å². The second-order valence-corrected chi connectivity index (χ2v) is 8.04. The van der Waals surface area contributed by atoms with E-state index in [0.29, 0.717) is 0 Å². The van der Waals surface area contributed by atoms with Gasteiger partial charge in [0.1, 0.15) is 5.75 Å². The van der Waals surface area contributed by atoms with Crippen LogP contribution in [-0.2, 0) is 10.0 Å². The third kappa shape index (κ3) is 4.35. The molecule has 0 amide bonds. The van der Waals surface area contributed by atoms with Crippen LogP contribution in [0.1, 0.15) is 26.2 Å². The van der Waals surface area contributed by atoms with Gasteiger partial charge >= 0.3 is 0 Å². The number of benzene rings is 2. The van der Waals surface area contributed by atoms with Gasteiger partial charge in [0.25, 0.3) is 10.0 Å². The monoisotopic (exact) mass is 388 g/mol. The van der Waals surface area contributed by atoms with E-state index in [4.69, 9.17) is 0 Å². The number of anilines is 2. The summed E-state index contributed by atoms with van der Waals surface area (Å²) in [5.74, 6) is -0.121. The lowest BCUT2D eigenvalue weighted by atomic mass is 10.2. The Morgan fingerprint density at radius 1 is 1.15 bits per heavy atom. The summed E-state index contributed by atoms with van der Waals surface area (Å²) in [6.07, 6.45) is 5.09. The van der Waals surface area contributed by atoms with Gasteiger partial charge in [-0.2, -0.15) is 0 Å². The van der Waals surface area contributed by atoms with Crippen LogP contribution in [0.2, 0.25) is 0 Å². The molecular formula is C19H24N4O3S. The number of hydrogen-bond donors (Lipinski definition) is 3. The highest BCUT2D eigenvalue weighted by Crippen LogP contribution is 2.28. The molecule has 0 saturated heterocycles. The lowest BCUT2D eigenvalue weighted by Gasteiger charge is -2.25. The number of hydrogen-bond acceptors (Lipinski definition) is 6. The molecule has 0 aromatic heterocycles. The maximum atomic E-state index is 12.7. The molecule has 27 heavy (non-hydrogen) atoms. The minimum absolute atomic E-state index is 0.118. The van der Waals surface area contributed by atoms with Crippen LogP contribution in [0.3, 0.4) is 0 Å². The Morgan fingerprint density at radius 2 is 1.93 bits per heavy atom. The number of nitrogens with zero attached hydrogens (tertiary/aromatic N) is 2. The van der Waals surface area contributed by atoms with E-state index >= 15 is 0 Å².